The number of alkyl halides is 3. The first-order chi connectivity index (χ1) is 6.92. The van der Waals surface area contributed by atoms with Crippen molar-refractivity contribution in [2.75, 3.05) is 6.54 Å². The third-order valence-electron chi connectivity index (χ3n) is 1.70. The number of aliphatic hydroxyl groups is 1. The van der Waals surface area contributed by atoms with E-state index in [0.29, 0.717) is 5.56 Å². The minimum atomic E-state index is -4.31. The van der Waals surface area contributed by atoms with Crippen molar-refractivity contribution in [1.29, 1.82) is 0 Å². The van der Waals surface area contributed by atoms with Gasteiger partial charge < -0.3 is 10.8 Å². The summed E-state index contributed by atoms with van der Waals surface area (Å²) in [5.74, 6) is 0. The summed E-state index contributed by atoms with van der Waals surface area (Å²) in [6.07, 6.45) is -0.918. The highest BCUT2D eigenvalue weighted by atomic mass is 32.2. The molecule has 2 nitrogen and oxygen atoms in total. The number of hydrogen-bond acceptors (Lipinski definition) is 3. The van der Waals surface area contributed by atoms with Crippen LogP contribution in [0.2, 0.25) is 0 Å². The Morgan fingerprint density at radius 2 is 2.07 bits per heavy atom. The number of benzene rings is 1. The molecular formula is C9H10F3NOS. The Labute approximate surface area is 89.3 Å². The number of rotatable bonds is 3. The van der Waals surface area contributed by atoms with Gasteiger partial charge in [0.1, 0.15) is 0 Å². The zero-order valence-electron chi connectivity index (χ0n) is 7.66. The van der Waals surface area contributed by atoms with E-state index in [4.69, 9.17) is 5.73 Å². The number of nitrogens with two attached hydrogens (primary N) is 1. The molecule has 0 aromatic heterocycles. The Balaban J connectivity index is 2.83. The summed E-state index contributed by atoms with van der Waals surface area (Å²) in [6, 6.07) is 5.63. The Bertz CT molecular complexity index is 329. The predicted octanol–water partition coefficient (Wildman–Crippen LogP) is 2.29. The van der Waals surface area contributed by atoms with Crippen LogP contribution in [0.15, 0.2) is 29.2 Å². The SMILES string of the molecule is NC[C@@H](O)c1cccc(SC(F)(F)F)c1. The van der Waals surface area contributed by atoms with Crippen molar-refractivity contribution in [3.8, 4) is 0 Å². The van der Waals surface area contributed by atoms with E-state index in [0.717, 1.165) is 0 Å². The van der Waals surface area contributed by atoms with Gasteiger partial charge in [0.25, 0.3) is 0 Å². The fourth-order valence-electron chi connectivity index (χ4n) is 1.06. The standard InChI is InChI=1S/C9H10F3NOS/c10-9(11,12)15-7-3-1-2-6(4-7)8(14)5-13/h1-4,8,14H,5,13H2/t8-/m1/s1. The van der Waals surface area contributed by atoms with E-state index in [1.165, 1.54) is 24.3 Å². The molecule has 0 aliphatic heterocycles. The average molecular weight is 237 g/mol. The van der Waals surface area contributed by atoms with E-state index < -0.39 is 11.6 Å². The second kappa shape index (κ2) is 4.87. The van der Waals surface area contributed by atoms with E-state index in [1.54, 1.807) is 0 Å². The van der Waals surface area contributed by atoms with Crippen molar-refractivity contribution >= 4 is 11.8 Å². The van der Waals surface area contributed by atoms with Gasteiger partial charge in [0.15, 0.2) is 0 Å². The van der Waals surface area contributed by atoms with Crippen molar-refractivity contribution in [3.63, 3.8) is 0 Å². The lowest BCUT2D eigenvalue weighted by molar-refractivity contribution is -0.0328. The number of hydrogen-bond donors (Lipinski definition) is 2. The second-order valence-electron chi connectivity index (χ2n) is 2.87. The largest absolute Gasteiger partial charge is 0.446 e. The molecule has 0 amide bonds. The molecule has 0 saturated heterocycles. The van der Waals surface area contributed by atoms with Crippen LogP contribution >= 0.6 is 11.8 Å². The minimum absolute atomic E-state index is 0.0138. The fourth-order valence-corrected chi connectivity index (χ4v) is 1.66. The van der Waals surface area contributed by atoms with Gasteiger partial charge in [0.2, 0.25) is 0 Å². The molecule has 0 spiro atoms. The smallest absolute Gasteiger partial charge is 0.387 e. The van der Waals surface area contributed by atoms with E-state index in [2.05, 4.69) is 0 Å². The molecule has 0 aliphatic rings. The third kappa shape index (κ3) is 4.11. The normalized spacial score (nSPS) is 13.9. The summed E-state index contributed by atoms with van der Waals surface area (Å²) < 4.78 is 36.1. The van der Waals surface area contributed by atoms with Gasteiger partial charge in [-0.3, -0.25) is 0 Å². The minimum Gasteiger partial charge on any atom is -0.387 e. The first-order valence-corrected chi connectivity index (χ1v) is 4.98. The number of halogens is 3. The molecule has 84 valence electrons. The highest BCUT2D eigenvalue weighted by Gasteiger charge is 2.29. The van der Waals surface area contributed by atoms with Gasteiger partial charge in [0.05, 0.1) is 6.10 Å². The van der Waals surface area contributed by atoms with Crippen molar-refractivity contribution in [3.05, 3.63) is 29.8 Å². The highest BCUT2D eigenvalue weighted by Crippen LogP contribution is 2.37. The summed E-state index contributed by atoms with van der Waals surface area (Å²) in [7, 11) is 0. The van der Waals surface area contributed by atoms with E-state index in [1.807, 2.05) is 0 Å². The summed E-state index contributed by atoms with van der Waals surface area (Å²) >= 11 is -0.209. The van der Waals surface area contributed by atoms with Gasteiger partial charge in [-0.05, 0) is 29.5 Å². The molecule has 15 heavy (non-hydrogen) atoms. The lowest BCUT2D eigenvalue weighted by Gasteiger charge is -2.10. The van der Waals surface area contributed by atoms with E-state index in [-0.39, 0.29) is 23.2 Å². The Hall–Kier alpha value is -0.720. The van der Waals surface area contributed by atoms with Crippen LogP contribution in [0.3, 0.4) is 0 Å². The molecule has 6 heteroatoms. The summed E-state index contributed by atoms with van der Waals surface area (Å²) in [5.41, 5.74) is 1.28. The van der Waals surface area contributed by atoms with Gasteiger partial charge in [-0.1, -0.05) is 12.1 Å². The third-order valence-corrected chi connectivity index (χ3v) is 2.42. The second-order valence-corrected chi connectivity index (χ2v) is 4.01. The van der Waals surface area contributed by atoms with Crippen LogP contribution in [0.5, 0.6) is 0 Å². The van der Waals surface area contributed by atoms with Gasteiger partial charge in [-0.2, -0.15) is 13.2 Å². The summed E-state index contributed by atoms with van der Waals surface area (Å²) in [6.45, 7) is -0.0138. The van der Waals surface area contributed by atoms with E-state index >= 15 is 0 Å². The molecule has 0 saturated carbocycles. The molecule has 0 aliphatic carbocycles. The average Bonchev–Trinajstić information content (AvgIpc) is 2.14. The molecule has 1 rings (SSSR count). The first-order valence-electron chi connectivity index (χ1n) is 4.16. The predicted molar refractivity (Wildman–Crippen MR) is 52.4 cm³/mol. The monoisotopic (exact) mass is 237 g/mol. The van der Waals surface area contributed by atoms with Crippen LogP contribution in [-0.2, 0) is 0 Å². The molecule has 1 aromatic carbocycles. The first kappa shape index (κ1) is 12.4. The molecule has 0 fully saturated rings. The maximum atomic E-state index is 12.0. The lowest BCUT2D eigenvalue weighted by Crippen LogP contribution is -2.11. The number of thioether (sulfide) groups is 1. The van der Waals surface area contributed by atoms with Crippen molar-refractivity contribution in [2.24, 2.45) is 5.73 Å². The Morgan fingerprint density at radius 3 is 2.60 bits per heavy atom. The fraction of sp³-hybridized carbons (Fsp3) is 0.333. The molecule has 0 radical (unpaired) electrons. The molecule has 3 N–H and O–H groups in total. The zero-order chi connectivity index (χ0) is 11.5. The van der Waals surface area contributed by atoms with Gasteiger partial charge in [-0.25, -0.2) is 0 Å². The Morgan fingerprint density at radius 1 is 1.40 bits per heavy atom. The molecule has 0 unspecified atom stereocenters. The summed E-state index contributed by atoms with van der Waals surface area (Å²) in [4.78, 5) is 0.0486. The lowest BCUT2D eigenvalue weighted by atomic mass is 10.1. The number of aliphatic hydroxyl groups excluding tert-OH is 1. The van der Waals surface area contributed by atoms with Gasteiger partial charge in [0, 0.05) is 11.4 Å². The summed E-state index contributed by atoms with van der Waals surface area (Å²) in [5, 5.41) is 9.34. The highest BCUT2D eigenvalue weighted by molar-refractivity contribution is 8.00. The van der Waals surface area contributed by atoms with Crippen molar-refractivity contribution < 1.29 is 18.3 Å². The van der Waals surface area contributed by atoms with Crippen LogP contribution in [0.25, 0.3) is 0 Å². The zero-order valence-corrected chi connectivity index (χ0v) is 8.48. The van der Waals surface area contributed by atoms with Gasteiger partial charge >= 0.3 is 5.51 Å². The molecule has 0 bridgehead atoms. The topological polar surface area (TPSA) is 46.2 Å². The van der Waals surface area contributed by atoms with E-state index in [9.17, 15) is 18.3 Å². The van der Waals surface area contributed by atoms with Gasteiger partial charge in [-0.15, -0.1) is 0 Å². The van der Waals surface area contributed by atoms with Crippen LogP contribution < -0.4 is 5.73 Å². The molecular weight excluding hydrogens is 227 g/mol. The molecule has 0 heterocycles. The quantitative estimate of drug-likeness (QED) is 0.793. The maximum absolute atomic E-state index is 12.0. The van der Waals surface area contributed by atoms with Crippen LogP contribution in [0.4, 0.5) is 13.2 Å². The Kier molecular flexibility index (Phi) is 4.01. The molecule has 1 atom stereocenters. The maximum Gasteiger partial charge on any atom is 0.446 e. The van der Waals surface area contributed by atoms with Crippen LogP contribution in [-0.4, -0.2) is 17.2 Å². The van der Waals surface area contributed by atoms with Crippen LogP contribution in [0, 0.1) is 0 Å². The van der Waals surface area contributed by atoms with Crippen molar-refractivity contribution in [1.82, 2.24) is 0 Å². The van der Waals surface area contributed by atoms with Crippen LogP contribution in [0.1, 0.15) is 11.7 Å². The van der Waals surface area contributed by atoms with Crippen molar-refractivity contribution in [2.45, 2.75) is 16.5 Å². The molecule has 1 aromatic rings.